The quantitative estimate of drug-likeness (QED) is 0.690. The maximum atomic E-state index is 11.0. The molecule has 0 amide bonds. The first-order valence-corrected chi connectivity index (χ1v) is 5.48. The SMILES string of the molecule is CCCC(C)(C)NOC1CCC(=O)C1. The number of hydrogen-bond donors (Lipinski definition) is 1. The second-order valence-electron chi connectivity index (χ2n) is 4.76. The number of carbonyl (C=O) groups excluding carboxylic acids is 1. The van der Waals surface area contributed by atoms with Gasteiger partial charge in [-0.15, -0.1) is 0 Å². The maximum absolute atomic E-state index is 11.0. The van der Waals surface area contributed by atoms with Crippen LogP contribution in [0, 0.1) is 0 Å². The van der Waals surface area contributed by atoms with Crippen LogP contribution in [0.4, 0.5) is 0 Å². The lowest BCUT2D eigenvalue weighted by atomic mass is 10.0. The van der Waals surface area contributed by atoms with E-state index >= 15 is 0 Å². The fraction of sp³-hybridized carbons (Fsp3) is 0.909. The molecule has 3 heteroatoms. The molecule has 1 rings (SSSR count). The van der Waals surface area contributed by atoms with E-state index in [4.69, 9.17) is 4.84 Å². The second kappa shape index (κ2) is 4.89. The van der Waals surface area contributed by atoms with E-state index < -0.39 is 0 Å². The Kier molecular flexibility index (Phi) is 4.08. The van der Waals surface area contributed by atoms with Gasteiger partial charge in [0.1, 0.15) is 5.78 Å². The Morgan fingerprint density at radius 3 is 2.79 bits per heavy atom. The summed E-state index contributed by atoms with van der Waals surface area (Å²) in [5, 5.41) is 0. The molecular weight excluding hydrogens is 178 g/mol. The van der Waals surface area contributed by atoms with Gasteiger partial charge in [-0.2, -0.15) is 5.48 Å². The second-order valence-corrected chi connectivity index (χ2v) is 4.76. The van der Waals surface area contributed by atoms with Crippen LogP contribution in [0.1, 0.15) is 52.9 Å². The lowest BCUT2D eigenvalue weighted by Crippen LogP contribution is -2.41. The van der Waals surface area contributed by atoms with Crippen LogP contribution >= 0.6 is 0 Å². The molecule has 1 unspecified atom stereocenters. The minimum Gasteiger partial charge on any atom is -0.300 e. The van der Waals surface area contributed by atoms with Gasteiger partial charge in [-0.3, -0.25) is 9.63 Å². The highest BCUT2D eigenvalue weighted by Crippen LogP contribution is 2.19. The van der Waals surface area contributed by atoms with E-state index in [0.717, 1.165) is 19.3 Å². The lowest BCUT2D eigenvalue weighted by molar-refractivity contribution is -0.119. The summed E-state index contributed by atoms with van der Waals surface area (Å²) in [5.74, 6) is 0.324. The first-order chi connectivity index (χ1) is 6.53. The van der Waals surface area contributed by atoms with Crippen molar-refractivity contribution >= 4 is 5.78 Å². The minimum absolute atomic E-state index is 0.0143. The fourth-order valence-corrected chi connectivity index (χ4v) is 1.80. The standard InChI is InChI=1S/C11H21NO2/c1-4-7-11(2,3)12-14-10-6-5-9(13)8-10/h10,12H,4-8H2,1-3H3. The Balaban J connectivity index is 2.22. The van der Waals surface area contributed by atoms with E-state index in [1.54, 1.807) is 0 Å². The Labute approximate surface area is 86.2 Å². The summed E-state index contributed by atoms with van der Waals surface area (Å²) in [5.41, 5.74) is 3.08. The number of rotatable bonds is 5. The van der Waals surface area contributed by atoms with Gasteiger partial charge in [0.05, 0.1) is 6.10 Å². The molecule has 82 valence electrons. The van der Waals surface area contributed by atoms with Crippen LogP contribution in [0.25, 0.3) is 0 Å². The van der Waals surface area contributed by atoms with Gasteiger partial charge in [0.15, 0.2) is 0 Å². The van der Waals surface area contributed by atoms with E-state index in [0.29, 0.717) is 18.6 Å². The molecule has 0 bridgehead atoms. The normalized spacial score (nSPS) is 23.1. The third-order valence-electron chi connectivity index (χ3n) is 2.58. The maximum Gasteiger partial charge on any atom is 0.135 e. The Bertz CT molecular complexity index is 201. The zero-order chi connectivity index (χ0) is 10.6. The molecule has 14 heavy (non-hydrogen) atoms. The largest absolute Gasteiger partial charge is 0.300 e. The number of nitrogens with one attached hydrogen (secondary N) is 1. The topological polar surface area (TPSA) is 38.3 Å². The average molecular weight is 199 g/mol. The van der Waals surface area contributed by atoms with Crippen LogP contribution in [-0.4, -0.2) is 17.4 Å². The Morgan fingerprint density at radius 2 is 2.29 bits per heavy atom. The molecule has 0 radical (unpaired) electrons. The zero-order valence-corrected chi connectivity index (χ0v) is 9.43. The molecule has 1 N–H and O–H groups in total. The highest BCUT2D eigenvalue weighted by atomic mass is 16.7. The number of hydroxylamine groups is 1. The van der Waals surface area contributed by atoms with Gasteiger partial charge >= 0.3 is 0 Å². The van der Waals surface area contributed by atoms with Gasteiger partial charge in [0.2, 0.25) is 0 Å². The third kappa shape index (κ3) is 3.76. The van der Waals surface area contributed by atoms with E-state index in [1.165, 1.54) is 0 Å². The number of hydrogen-bond acceptors (Lipinski definition) is 3. The highest BCUT2D eigenvalue weighted by Gasteiger charge is 2.25. The van der Waals surface area contributed by atoms with Crippen LogP contribution in [0.5, 0.6) is 0 Å². The molecule has 1 atom stereocenters. The van der Waals surface area contributed by atoms with Gasteiger partial charge < -0.3 is 0 Å². The van der Waals surface area contributed by atoms with Crippen LogP contribution < -0.4 is 5.48 Å². The monoisotopic (exact) mass is 199 g/mol. The van der Waals surface area contributed by atoms with Crippen molar-refractivity contribution in [3.8, 4) is 0 Å². The molecule has 0 aromatic heterocycles. The summed E-state index contributed by atoms with van der Waals surface area (Å²) < 4.78 is 0. The smallest absolute Gasteiger partial charge is 0.135 e. The summed E-state index contributed by atoms with van der Waals surface area (Å²) in [4.78, 5) is 16.5. The summed E-state index contributed by atoms with van der Waals surface area (Å²) in [7, 11) is 0. The van der Waals surface area contributed by atoms with Crippen molar-refractivity contribution in [1.82, 2.24) is 5.48 Å². The van der Waals surface area contributed by atoms with Crippen LogP contribution in [-0.2, 0) is 9.63 Å². The van der Waals surface area contributed by atoms with Crippen LogP contribution in [0.15, 0.2) is 0 Å². The third-order valence-corrected chi connectivity index (χ3v) is 2.58. The number of ketones is 1. The Morgan fingerprint density at radius 1 is 1.57 bits per heavy atom. The van der Waals surface area contributed by atoms with Gasteiger partial charge in [0, 0.05) is 18.4 Å². The van der Waals surface area contributed by atoms with Crippen molar-refractivity contribution in [3.63, 3.8) is 0 Å². The molecule has 0 heterocycles. The Hall–Kier alpha value is -0.410. The van der Waals surface area contributed by atoms with Crippen molar-refractivity contribution in [2.45, 2.75) is 64.5 Å². The average Bonchev–Trinajstić information content (AvgIpc) is 2.48. The molecule has 0 aromatic carbocycles. The summed E-state index contributed by atoms with van der Waals surface area (Å²) in [6.07, 6.45) is 4.43. The van der Waals surface area contributed by atoms with Crippen molar-refractivity contribution in [1.29, 1.82) is 0 Å². The van der Waals surface area contributed by atoms with E-state index in [2.05, 4.69) is 26.3 Å². The molecule has 0 saturated heterocycles. The van der Waals surface area contributed by atoms with Crippen molar-refractivity contribution in [3.05, 3.63) is 0 Å². The van der Waals surface area contributed by atoms with Gasteiger partial charge in [-0.05, 0) is 26.7 Å². The molecule has 0 aromatic rings. The van der Waals surface area contributed by atoms with Gasteiger partial charge in [-0.1, -0.05) is 13.3 Å². The first kappa shape index (κ1) is 11.7. The van der Waals surface area contributed by atoms with E-state index in [-0.39, 0.29) is 11.6 Å². The summed E-state index contributed by atoms with van der Waals surface area (Å²) in [6.45, 7) is 6.39. The van der Waals surface area contributed by atoms with E-state index in [1.807, 2.05) is 0 Å². The highest BCUT2D eigenvalue weighted by molar-refractivity contribution is 5.80. The zero-order valence-electron chi connectivity index (χ0n) is 9.43. The van der Waals surface area contributed by atoms with Crippen molar-refractivity contribution < 1.29 is 9.63 Å². The minimum atomic E-state index is 0.0143. The molecular formula is C11H21NO2. The molecule has 3 nitrogen and oxygen atoms in total. The fourth-order valence-electron chi connectivity index (χ4n) is 1.80. The van der Waals surface area contributed by atoms with Crippen LogP contribution in [0.3, 0.4) is 0 Å². The lowest BCUT2D eigenvalue weighted by Gasteiger charge is -2.26. The first-order valence-electron chi connectivity index (χ1n) is 5.48. The predicted molar refractivity (Wildman–Crippen MR) is 55.9 cm³/mol. The number of carbonyl (C=O) groups is 1. The summed E-state index contributed by atoms with van der Waals surface area (Å²) in [6, 6.07) is 0. The molecule has 0 spiro atoms. The number of Topliss-reactive ketones (excluding diaryl/α,β-unsaturated/α-hetero) is 1. The van der Waals surface area contributed by atoms with E-state index in [9.17, 15) is 4.79 Å². The van der Waals surface area contributed by atoms with Crippen molar-refractivity contribution in [2.24, 2.45) is 0 Å². The molecule has 0 aliphatic heterocycles. The van der Waals surface area contributed by atoms with Gasteiger partial charge in [0.25, 0.3) is 0 Å². The molecule has 1 aliphatic rings. The molecule has 1 fully saturated rings. The summed E-state index contributed by atoms with van der Waals surface area (Å²) >= 11 is 0. The molecule has 1 aliphatic carbocycles. The molecule has 1 saturated carbocycles. The predicted octanol–water partition coefficient (Wildman–Crippen LogP) is 2.21. The van der Waals surface area contributed by atoms with Crippen molar-refractivity contribution in [2.75, 3.05) is 0 Å². The van der Waals surface area contributed by atoms with Gasteiger partial charge in [-0.25, -0.2) is 0 Å². The van der Waals surface area contributed by atoms with Crippen LogP contribution in [0.2, 0.25) is 0 Å².